The molecule has 1 saturated heterocycles. The minimum Gasteiger partial charge on any atom is -0.450 e. The van der Waals surface area contributed by atoms with Gasteiger partial charge in [0.2, 0.25) is 0 Å². The highest BCUT2D eigenvalue weighted by Crippen LogP contribution is 2.12. The van der Waals surface area contributed by atoms with E-state index in [1.54, 1.807) is 27.6 Å². The summed E-state index contributed by atoms with van der Waals surface area (Å²) >= 11 is 0. The van der Waals surface area contributed by atoms with Gasteiger partial charge in [0.1, 0.15) is 0 Å². The van der Waals surface area contributed by atoms with Crippen molar-refractivity contribution in [2.75, 3.05) is 32.8 Å². The van der Waals surface area contributed by atoms with Crippen molar-refractivity contribution in [2.24, 2.45) is 0 Å². The molecule has 1 fully saturated rings. The minimum absolute atomic E-state index is 0.0179. The molecular formula is C14H22N4O3. The molecule has 1 aliphatic rings. The Morgan fingerprint density at radius 1 is 1.19 bits per heavy atom. The van der Waals surface area contributed by atoms with Gasteiger partial charge >= 0.3 is 6.09 Å². The third kappa shape index (κ3) is 3.34. The lowest BCUT2D eigenvalue weighted by Gasteiger charge is -2.33. The predicted molar refractivity (Wildman–Crippen MR) is 77.1 cm³/mol. The second kappa shape index (κ2) is 6.60. The van der Waals surface area contributed by atoms with Gasteiger partial charge in [0.15, 0.2) is 0 Å². The smallest absolute Gasteiger partial charge is 0.409 e. The maximum Gasteiger partial charge on any atom is 0.409 e. The summed E-state index contributed by atoms with van der Waals surface area (Å²) in [6, 6.07) is 0. The van der Waals surface area contributed by atoms with Crippen molar-refractivity contribution in [2.45, 2.75) is 27.3 Å². The van der Waals surface area contributed by atoms with Crippen molar-refractivity contribution in [3.05, 3.63) is 17.5 Å². The maximum atomic E-state index is 12.5. The number of amides is 2. The number of aryl methyl sites for hydroxylation is 2. The Balaban J connectivity index is 1.96. The lowest BCUT2D eigenvalue weighted by Crippen LogP contribution is -2.50. The molecule has 0 unspecified atom stereocenters. The van der Waals surface area contributed by atoms with E-state index in [0.29, 0.717) is 38.3 Å². The average molecular weight is 294 g/mol. The number of hydrogen-bond donors (Lipinski definition) is 0. The van der Waals surface area contributed by atoms with Crippen LogP contribution in [0.5, 0.6) is 0 Å². The molecule has 1 aliphatic heterocycles. The molecular weight excluding hydrogens is 272 g/mol. The first kappa shape index (κ1) is 15.3. The quantitative estimate of drug-likeness (QED) is 0.838. The van der Waals surface area contributed by atoms with Gasteiger partial charge in [0.05, 0.1) is 17.9 Å². The van der Waals surface area contributed by atoms with Gasteiger partial charge < -0.3 is 14.5 Å². The number of hydrogen-bond acceptors (Lipinski definition) is 4. The van der Waals surface area contributed by atoms with Crippen LogP contribution in [0.1, 0.15) is 29.9 Å². The largest absolute Gasteiger partial charge is 0.450 e. The molecule has 116 valence electrons. The van der Waals surface area contributed by atoms with Crippen molar-refractivity contribution >= 4 is 12.0 Å². The molecule has 1 aromatic rings. The fraction of sp³-hybridized carbons (Fsp3) is 0.643. The Labute approximate surface area is 124 Å². The number of piperazine rings is 1. The third-order valence-corrected chi connectivity index (χ3v) is 3.59. The lowest BCUT2D eigenvalue weighted by atomic mass is 10.2. The van der Waals surface area contributed by atoms with Gasteiger partial charge in [-0.05, 0) is 20.8 Å². The molecule has 2 heterocycles. The Morgan fingerprint density at radius 2 is 1.81 bits per heavy atom. The zero-order chi connectivity index (χ0) is 15.4. The van der Waals surface area contributed by atoms with Crippen LogP contribution in [0.4, 0.5) is 4.79 Å². The molecule has 0 atom stereocenters. The fourth-order valence-corrected chi connectivity index (χ4v) is 2.37. The van der Waals surface area contributed by atoms with Crippen molar-refractivity contribution in [1.82, 2.24) is 19.6 Å². The van der Waals surface area contributed by atoms with Gasteiger partial charge in [-0.2, -0.15) is 5.10 Å². The summed E-state index contributed by atoms with van der Waals surface area (Å²) in [5.74, 6) is -0.0179. The van der Waals surface area contributed by atoms with Crippen LogP contribution in [0.15, 0.2) is 6.20 Å². The number of aromatic nitrogens is 2. The highest BCUT2D eigenvalue weighted by atomic mass is 16.6. The SMILES string of the molecule is CCOC(=O)N1CCN(C(=O)c2cn(CC)nc2C)CC1. The number of ether oxygens (including phenoxy) is 1. The molecule has 0 aromatic carbocycles. The summed E-state index contributed by atoms with van der Waals surface area (Å²) in [5, 5.41) is 4.30. The van der Waals surface area contributed by atoms with Crippen molar-refractivity contribution < 1.29 is 14.3 Å². The average Bonchev–Trinajstić information content (AvgIpc) is 2.88. The van der Waals surface area contributed by atoms with E-state index in [-0.39, 0.29) is 12.0 Å². The van der Waals surface area contributed by atoms with Crippen LogP contribution in [0.25, 0.3) is 0 Å². The van der Waals surface area contributed by atoms with Gasteiger partial charge in [-0.3, -0.25) is 9.48 Å². The van der Waals surface area contributed by atoms with E-state index >= 15 is 0 Å². The van der Waals surface area contributed by atoms with E-state index in [0.717, 1.165) is 12.2 Å². The molecule has 1 aromatic heterocycles. The van der Waals surface area contributed by atoms with Crippen LogP contribution in [0, 0.1) is 6.92 Å². The summed E-state index contributed by atoms with van der Waals surface area (Å²) in [4.78, 5) is 27.5. The second-order valence-corrected chi connectivity index (χ2v) is 4.96. The molecule has 7 heteroatoms. The van der Waals surface area contributed by atoms with Crippen LogP contribution in [-0.2, 0) is 11.3 Å². The summed E-state index contributed by atoms with van der Waals surface area (Å²) < 4.78 is 6.73. The van der Waals surface area contributed by atoms with Gasteiger partial charge in [0.25, 0.3) is 5.91 Å². The summed E-state index contributed by atoms with van der Waals surface area (Å²) in [5.41, 5.74) is 1.39. The van der Waals surface area contributed by atoms with Crippen molar-refractivity contribution in [3.8, 4) is 0 Å². The standard InChI is InChI=1S/C14H22N4O3/c1-4-18-10-12(11(3)15-18)13(19)16-6-8-17(9-7-16)14(20)21-5-2/h10H,4-9H2,1-3H3. The fourth-order valence-electron chi connectivity index (χ4n) is 2.37. The zero-order valence-corrected chi connectivity index (χ0v) is 12.8. The Bertz CT molecular complexity index is 518. The molecule has 0 bridgehead atoms. The highest BCUT2D eigenvalue weighted by molar-refractivity contribution is 5.95. The van der Waals surface area contributed by atoms with Gasteiger partial charge in [0, 0.05) is 38.9 Å². The monoisotopic (exact) mass is 294 g/mol. The lowest BCUT2D eigenvalue weighted by molar-refractivity contribution is 0.0570. The number of carbonyl (C=O) groups is 2. The molecule has 2 amide bonds. The molecule has 0 spiro atoms. The first-order valence-corrected chi connectivity index (χ1v) is 7.31. The van der Waals surface area contributed by atoms with E-state index in [1.165, 1.54) is 0 Å². The third-order valence-electron chi connectivity index (χ3n) is 3.59. The first-order chi connectivity index (χ1) is 10.1. The van der Waals surface area contributed by atoms with E-state index < -0.39 is 0 Å². The molecule has 0 N–H and O–H groups in total. The second-order valence-electron chi connectivity index (χ2n) is 4.96. The van der Waals surface area contributed by atoms with Crippen LogP contribution < -0.4 is 0 Å². The van der Waals surface area contributed by atoms with Crippen molar-refractivity contribution in [3.63, 3.8) is 0 Å². The van der Waals surface area contributed by atoms with Crippen LogP contribution in [0.3, 0.4) is 0 Å². The van der Waals surface area contributed by atoms with E-state index in [1.807, 2.05) is 13.8 Å². The zero-order valence-electron chi connectivity index (χ0n) is 12.8. The Kier molecular flexibility index (Phi) is 4.82. The van der Waals surface area contributed by atoms with Crippen LogP contribution in [-0.4, -0.2) is 64.4 Å². The molecule has 0 radical (unpaired) electrons. The molecule has 21 heavy (non-hydrogen) atoms. The Hall–Kier alpha value is -2.05. The molecule has 0 saturated carbocycles. The normalized spacial score (nSPS) is 15.2. The maximum absolute atomic E-state index is 12.5. The summed E-state index contributed by atoms with van der Waals surface area (Å²) in [6.07, 6.45) is 1.48. The summed E-state index contributed by atoms with van der Waals surface area (Å²) in [6.45, 7) is 8.77. The van der Waals surface area contributed by atoms with Gasteiger partial charge in [-0.25, -0.2) is 4.79 Å². The predicted octanol–water partition coefficient (Wildman–Crippen LogP) is 1.13. The minimum atomic E-state index is -0.306. The van der Waals surface area contributed by atoms with Gasteiger partial charge in [-0.1, -0.05) is 0 Å². The van der Waals surface area contributed by atoms with Crippen LogP contribution >= 0.6 is 0 Å². The van der Waals surface area contributed by atoms with Gasteiger partial charge in [-0.15, -0.1) is 0 Å². The number of carbonyl (C=O) groups excluding carboxylic acids is 2. The first-order valence-electron chi connectivity index (χ1n) is 7.31. The van der Waals surface area contributed by atoms with E-state index in [9.17, 15) is 9.59 Å². The highest BCUT2D eigenvalue weighted by Gasteiger charge is 2.27. The number of rotatable bonds is 3. The van der Waals surface area contributed by atoms with Crippen molar-refractivity contribution in [1.29, 1.82) is 0 Å². The van der Waals surface area contributed by atoms with E-state index in [2.05, 4.69) is 5.10 Å². The molecule has 0 aliphatic carbocycles. The van der Waals surface area contributed by atoms with Crippen LogP contribution in [0.2, 0.25) is 0 Å². The molecule has 2 rings (SSSR count). The van der Waals surface area contributed by atoms with E-state index in [4.69, 9.17) is 4.74 Å². The topological polar surface area (TPSA) is 67.7 Å². The Morgan fingerprint density at radius 3 is 2.33 bits per heavy atom. The molecule has 7 nitrogen and oxygen atoms in total. The summed E-state index contributed by atoms with van der Waals surface area (Å²) in [7, 11) is 0. The number of nitrogens with zero attached hydrogens (tertiary/aromatic N) is 4.